The molecule has 0 aliphatic carbocycles. The summed E-state index contributed by atoms with van der Waals surface area (Å²) in [6.45, 7) is 7.21. The Morgan fingerprint density at radius 2 is 1.60 bits per heavy atom. The van der Waals surface area contributed by atoms with Crippen LogP contribution in [0.4, 0.5) is 0 Å². The summed E-state index contributed by atoms with van der Waals surface area (Å²) in [5, 5.41) is 3.08. The lowest BCUT2D eigenvalue weighted by atomic mass is 10.0. The Morgan fingerprint density at radius 1 is 0.886 bits per heavy atom. The maximum Gasteiger partial charge on any atom is 0.243 e. The third-order valence-corrected chi connectivity index (χ3v) is 6.92. The summed E-state index contributed by atoms with van der Waals surface area (Å²) in [7, 11) is 0. The highest BCUT2D eigenvalue weighted by Gasteiger charge is 2.30. The quantitative estimate of drug-likeness (QED) is 0.253. The van der Waals surface area contributed by atoms with Crippen LogP contribution < -0.4 is 5.32 Å². The van der Waals surface area contributed by atoms with Crippen LogP contribution in [0.3, 0.4) is 0 Å². The van der Waals surface area contributed by atoms with Gasteiger partial charge in [-0.3, -0.25) is 9.59 Å². The van der Waals surface area contributed by atoms with Crippen LogP contribution >= 0.6 is 11.8 Å². The standard InChI is InChI=1S/C30H36N2O2S/c1-4-5-18-31-30(34)28(20-25-11-7-6-8-12-25)32(21-26-13-9-10-24(3)19-26)29(33)22-35-27-16-14-23(2)15-17-27/h6-17,19,28H,4-5,18,20-22H2,1-3H3,(H,31,34)/t28-/m1/s1. The Kier molecular flexibility index (Phi) is 10.4. The van der Waals surface area contributed by atoms with Crippen LogP contribution in [-0.2, 0) is 22.6 Å². The molecule has 0 saturated heterocycles. The molecular weight excluding hydrogens is 452 g/mol. The van der Waals surface area contributed by atoms with Gasteiger partial charge in [0.2, 0.25) is 11.8 Å². The van der Waals surface area contributed by atoms with Gasteiger partial charge in [-0.2, -0.15) is 0 Å². The number of benzene rings is 3. The Bertz CT molecular complexity index is 1080. The molecule has 2 amide bonds. The molecule has 0 unspecified atom stereocenters. The van der Waals surface area contributed by atoms with Crippen molar-refractivity contribution in [3.8, 4) is 0 Å². The predicted octanol–water partition coefficient (Wildman–Crippen LogP) is 5.95. The highest BCUT2D eigenvalue weighted by atomic mass is 32.2. The molecule has 0 fully saturated rings. The van der Waals surface area contributed by atoms with Crippen molar-refractivity contribution in [3.05, 3.63) is 101 Å². The summed E-state index contributed by atoms with van der Waals surface area (Å²) in [4.78, 5) is 29.9. The fourth-order valence-electron chi connectivity index (χ4n) is 3.93. The Labute approximate surface area is 214 Å². The number of hydrogen-bond acceptors (Lipinski definition) is 3. The van der Waals surface area contributed by atoms with Gasteiger partial charge in [-0.15, -0.1) is 11.8 Å². The molecule has 5 heteroatoms. The molecule has 0 aromatic heterocycles. The van der Waals surface area contributed by atoms with E-state index in [1.54, 1.807) is 4.90 Å². The lowest BCUT2D eigenvalue weighted by molar-refractivity contribution is -0.139. The molecule has 1 N–H and O–H groups in total. The molecule has 0 spiro atoms. The van der Waals surface area contributed by atoms with Crippen LogP contribution in [0.1, 0.15) is 42.0 Å². The third-order valence-electron chi connectivity index (χ3n) is 5.92. The number of nitrogens with one attached hydrogen (secondary N) is 1. The van der Waals surface area contributed by atoms with E-state index in [9.17, 15) is 9.59 Å². The number of aryl methyl sites for hydroxylation is 2. The van der Waals surface area contributed by atoms with E-state index in [-0.39, 0.29) is 17.6 Å². The molecule has 3 aromatic carbocycles. The highest BCUT2D eigenvalue weighted by molar-refractivity contribution is 8.00. The van der Waals surface area contributed by atoms with E-state index in [0.717, 1.165) is 34.4 Å². The number of amides is 2. The second kappa shape index (κ2) is 13.7. The molecule has 184 valence electrons. The molecule has 1 atom stereocenters. The largest absolute Gasteiger partial charge is 0.354 e. The molecule has 3 rings (SSSR count). The van der Waals surface area contributed by atoms with Crippen molar-refractivity contribution in [2.45, 2.75) is 57.5 Å². The number of unbranched alkanes of at least 4 members (excludes halogenated alkanes) is 1. The monoisotopic (exact) mass is 488 g/mol. The normalized spacial score (nSPS) is 11.6. The van der Waals surface area contributed by atoms with E-state index < -0.39 is 6.04 Å². The van der Waals surface area contributed by atoms with E-state index in [1.807, 2.05) is 67.6 Å². The molecule has 3 aromatic rings. The number of carbonyl (C=O) groups excluding carboxylic acids is 2. The smallest absolute Gasteiger partial charge is 0.243 e. The first-order valence-electron chi connectivity index (χ1n) is 12.3. The van der Waals surface area contributed by atoms with Crippen molar-refractivity contribution >= 4 is 23.6 Å². The predicted molar refractivity (Wildman–Crippen MR) is 145 cm³/mol. The summed E-state index contributed by atoms with van der Waals surface area (Å²) in [6.07, 6.45) is 2.40. The van der Waals surface area contributed by atoms with Gasteiger partial charge in [-0.1, -0.05) is 91.2 Å². The zero-order valence-corrected chi connectivity index (χ0v) is 21.8. The van der Waals surface area contributed by atoms with Gasteiger partial charge in [0.05, 0.1) is 5.75 Å². The lowest BCUT2D eigenvalue weighted by Crippen LogP contribution is -2.51. The van der Waals surface area contributed by atoms with Crippen molar-refractivity contribution in [3.63, 3.8) is 0 Å². The topological polar surface area (TPSA) is 49.4 Å². The van der Waals surface area contributed by atoms with Gasteiger partial charge in [-0.05, 0) is 43.5 Å². The van der Waals surface area contributed by atoms with Crippen molar-refractivity contribution in [2.24, 2.45) is 0 Å². The van der Waals surface area contributed by atoms with Gasteiger partial charge in [0.1, 0.15) is 6.04 Å². The SMILES string of the molecule is CCCCNC(=O)[C@@H](Cc1ccccc1)N(Cc1cccc(C)c1)C(=O)CSc1ccc(C)cc1. The van der Waals surface area contributed by atoms with E-state index in [2.05, 4.69) is 37.4 Å². The van der Waals surface area contributed by atoms with Crippen LogP contribution in [-0.4, -0.2) is 35.1 Å². The van der Waals surface area contributed by atoms with Crippen molar-refractivity contribution in [2.75, 3.05) is 12.3 Å². The maximum atomic E-state index is 13.7. The zero-order valence-electron chi connectivity index (χ0n) is 21.0. The summed E-state index contributed by atoms with van der Waals surface area (Å²) < 4.78 is 0. The average Bonchev–Trinajstić information content (AvgIpc) is 2.86. The van der Waals surface area contributed by atoms with Crippen LogP contribution in [0.25, 0.3) is 0 Å². The lowest BCUT2D eigenvalue weighted by Gasteiger charge is -2.31. The molecule has 0 saturated carbocycles. The second-order valence-corrected chi connectivity index (χ2v) is 10.0. The summed E-state index contributed by atoms with van der Waals surface area (Å²) in [6, 6.07) is 25.7. The molecule has 0 heterocycles. The van der Waals surface area contributed by atoms with Crippen LogP contribution in [0.2, 0.25) is 0 Å². The Balaban J connectivity index is 1.87. The average molecular weight is 489 g/mol. The second-order valence-electron chi connectivity index (χ2n) is 8.96. The fourth-order valence-corrected chi connectivity index (χ4v) is 4.71. The van der Waals surface area contributed by atoms with E-state index in [0.29, 0.717) is 19.5 Å². The molecular formula is C30H36N2O2S. The first-order valence-corrected chi connectivity index (χ1v) is 13.3. The van der Waals surface area contributed by atoms with Gasteiger partial charge >= 0.3 is 0 Å². The molecule has 0 radical (unpaired) electrons. The summed E-state index contributed by atoms with van der Waals surface area (Å²) >= 11 is 1.51. The number of hydrogen-bond donors (Lipinski definition) is 1. The van der Waals surface area contributed by atoms with Crippen LogP contribution in [0.5, 0.6) is 0 Å². The van der Waals surface area contributed by atoms with Crippen LogP contribution in [0, 0.1) is 13.8 Å². The maximum absolute atomic E-state index is 13.7. The fraction of sp³-hybridized carbons (Fsp3) is 0.333. The highest BCUT2D eigenvalue weighted by Crippen LogP contribution is 2.22. The number of rotatable bonds is 12. The van der Waals surface area contributed by atoms with E-state index in [4.69, 9.17) is 0 Å². The number of nitrogens with zero attached hydrogens (tertiary/aromatic N) is 1. The minimum Gasteiger partial charge on any atom is -0.354 e. The van der Waals surface area contributed by atoms with Crippen molar-refractivity contribution < 1.29 is 9.59 Å². The first-order chi connectivity index (χ1) is 17.0. The molecule has 0 aliphatic heterocycles. The number of thioether (sulfide) groups is 1. The Morgan fingerprint density at radius 3 is 2.29 bits per heavy atom. The minimum absolute atomic E-state index is 0.0383. The van der Waals surface area contributed by atoms with Crippen molar-refractivity contribution in [1.82, 2.24) is 10.2 Å². The minimum atomic E-state index is -0.583. The van der Waals surface area contributed by atoms with E-state index in [1.165, 1.54) is 17.3 Å². The van der Waals surface area contributed by atoms with Gasteiger partial charge in [-0.25, -0.2) is 0 Å². The summed E-state index contributed by atoms with van der Waals surface area (Å²) in [5.41, 5.74) is 4.39. The summed E-state index contributed by atoms with van der Waals surface area (Å²) in [5.74, 6) is 0.148. The Hall–Kier alpha value is -3.05. The number of carbonyl (C=O) groups is 2. The van der Waals surface area contributed by atoms with Crippen LogP contribution in [0.15, 0.2) is 83.8 Å². The molecule has 0 bridgehead atoms. The van der Waals surface area contributed by atoms with Crippen molar-refractivity contribution in [1.29, 1.82) is 0 Å². The van der Waals surface area contributed by atoms with Gasteiger partial charge in [0.25, 0.3) is 0 Å². The zero-order chi connectivity index (χ0) is 25.0. The molecule has 35 heavy (non-hydrogen) atoms. The molecule has 0 aliphatic rings. The van der Waals surface area contributed by atoms with E-state index >= 15 is 0 Å². The van der Waals surface area contributed by atoms with Gasteiger partial charge in [0, 0.05) is 24.4 Å². The third kappa shape index (κ3) is 8.59. The van der Waals surface area contributed by atoms with Gasteiger partial charge < -0.3 is 10.2 Å². The van der Waals surface area contributed by atoms with Gasteiger partial charge in [0.15, 0.2) is 0 Å². The molecule has 4 nitrogen and oxygen atoms in total. The first kappa shape index (κ1) is 26.6.